The van der Waals surface area contributed by atoms with Crippen LogP contribution in [0.25, 0.3) is 0 Å². The number of hydrogen-bond donors (Lipinski definition) is 2. The molecule has 108 valence electrons. The highest BCUT2D eigenvalue weighted by atomic mass is 35.5. The molecule has 2 aromatic heterocycles. The maximum Gasteiger partial charge on any atom is 0.335 e. The van der Waals surface area contributed by atoms with Crippen molar-refractivity contribution in [2.24, 2.45) is 0 Å². The van der Waals surface area contributed by atoms with Crippen LogP contribution in [-0.4, -0.2) is 27.0 Å². The Morgan fingerprint density at radius 3 is 2.52 bits per heavy atom. The second-order valence-electron chi connectivity index (χ2n) is 3.77. The maximum absolute atomic E-state index is 12.0. The van der Waals surface area contributed by atoms with Gasteiger partial charge in [-0.3, -0.25) is 4.79 Å². The van der Waals surface area contributed by atoms with Crippen LogP contribution in [0.15, 0.2) is 24.5 Å². The molecule has 2 N–H and O–H groups in total. The van der Waals surface area contributed by atoms with E-state index in [0.29, 0.717) is 0 Å². The third kappa shape index (κ3) is 3.41. The van der Waals surface area contributed by atoms with E-state index < -0.39 is 11.9 Å². The summed E-state index contributed by atoms with van der Waals surface area (Å²) < 4.78 is 0. The van der Waals surface area contributed by atoms with Gasteiger partial charge in [-0.05, 0) is 12.1 Å². The molecule has 0 aliphatic carbocycles. The highest BCUT2D eigenvalue weighted by Crippen LogP contribution is 2.31. The summed E-state index contributed by atoms with van der Waals surface area (Å²) in [4.78, 5) is 30.5. The van der Waals surface area contributed by atoms with Gasteiger partial charge >= 0.3 is 5.97 Å². The Balaban J connectivity index is 2.28. The minimum atomic E-state index is -1.14. The highest BCUT2D eigenvalue weighted by Gasteiger charge is 2.18. The third-order valence-corrected chi connectivity index (χ3v) is 3.62. The smallest absolute Gasteiger partial charge is 0.335 e. The van der Waals surface area contributed by atoms with Gasteiger partial charge in [-0.2, -0.15) is 0 Å². The van der Waals surface area contributed by atoms with Gasteiger partial charge in [0.15, 0.2) is 0 Å². The average molecular weight is 347 g/mol. The Morgan fingerprint density at radius 2 is 1.86 bits per heavy atom. The number of halogens is 3. The quantitative estimate of drug-likeness (QED) is 0.888. The van der Waals surface area contributed by atoms with Gasteiger partial charge in [-0.15, -0.1) is 0 Å². The van der Waals surface area contributed by atoms with Crippen molar-refractivity contribution in [1.29, 1.82) is 0 Å². The van der Waals surface area contributed by atoms with Crippen LogP contribution in [0.2, 0.25) is 15.1 Å². The Hall–Kier alpha value is -1.89. The lowest BCUT2D eigenvalue weighted by Crippen LogP contribution is -2.15. The number of pyridine rings is 2. The van der Waals surface area contributed by atoms with Gasteiger partial charge in [0.1, 0.15) is 11.5 Å². The number of carboxylic acid groups (broad SMARTS) is 1. The van der Waals surface area contributed by atoms with Crippen molar-refractivity contribution in [1.82, 2.24) is 9.97 Å². The van der Waals surface area contributed by atoms with Crippen LogP contribution in [0.3, 0.4) is 0 Å². The zero-order chi connectivity index (χ0) is 15.6. The van der Waals surface area contributed by atoms with Gasteiger partial charge in [-0.1, -0.05) is 34.8 Å². The lowest BCUT2D eigenvalue weighted by Gasteiger charge is -2.07. The number of aromatic carboxylic acids is 1. The van der Waals surface area contributed by atoms with E-state index in [1.54, 1.807) is 0 Å². The number of hydrogen-bond acceptors (Lipinski definition) is 4. The number of rotatable bonds is 3. The number of carbonyl (C=O) groups is 2. The topological polar surface area (TPSA) is 92.2 Å². The fourth-order valence-electron chi connectivity index (χ4n) is 1.41. The van der Waals surface area contributed by atoms with Gasteiger partial charge in [-0.25, -0.2) is 14.8 Å². The van der Waals surface area contributed by atoms with Crippen LogP contribution >= 0.6 is 34.8 Å². The first kappa shape index (κ1) is 15.5. The molecular formula is C12H6Cl3N3O3. The van der Waals surface area contributed by atoms with Crippen molar-refractivity contribution in [3.63, 3.8) is 0 Å². The summed E-state index contributed by atoms with van der Waals surface area (Å²) in [7, 11) is 0. The molecule has 0 saturated carbocycles. The van der Waals surface area contributed by atoms with Gasteiger partial charge in [0.05, 0.1) is 20.6 Å². The summed E-state index contributed by atoms with van der Waals surface area (Å²) in [5.74, 6) is -1.78. The van der Waals surface area contributed by atoms with E-state index in [-0.39, 0.29) is 32.1 Å². The number of amides is 1. The first-order valence-electron chi connectivity index (χ1n) is 5.40. The summed E-state index contributed by atoms with van der Waals surface area (Å²) in [6.07, 6.45) is 2.44. The average Bonchev–Trinajstić information content (AvgIpc) is 2.45. The molecule has 9 heteroatoms. The molecule has 0 saturated heterocycles. The minimum absolute atomic E-state index is 0.00530. The normalized spacial score (nSPS) is 10.2. The first-order chi connectivity index (χ1) is 9.90. The molecular weight excluding hydrogens is 341 g/mol. The van der Waals surface area contributed by atoms with Gasteiger partial charge in [0.2, 0.25) is 0 Å². The van der Waals surface area contributed by atoms with Crippen LogP contribution in [0.4, 0.5) is 5.82 Å². The second-order valence-corrected chi connectivity index (χ2v) is 4.93. The Labute approximate surface area is 133 Å². The zero-order valence-electron chi connectivity index (χ0n) is 10.1. The standard InChI is InChI=1S/C12H6Cl3N3O3/c13-6-4-17-10(9(15)8(6)14)11(19)18-7-3-5(12(20)21)1-2-16-7/h1-4H,(H,20,21)(H,16,18,19). The molecule has 0 fully saturated rings. The number of carbonyl (C=O) groups excluding carboxylic acids is 1. The van der Waals surface area contributed by atoms with Gasteiger partial charge in [0, 0.05) is 12.4 Å². The van der Waals surface area contributed by atoms with Gasteiger partial charge < -0.3 is 10.4 Å². The van der Waals surface area contributed by atoms with E-state index in [4.69, 9.17) is 39.9 Å². The fourth-order valence-corrected chi connectivity index (χ4v) is 1.98. The van der Waals surface area contributed by atoms with Crippen molar-refractivity contribution >= 4 is 52.5 Å². The van der Waals surface area contributed by atoms with Crippen molar-refractivity contribution in [2.75, 3.05) is 5.32 Å². The molecule has 1 amide bonds. The molecule has 0 atom stereocenters. The van der Waals surface area contributed by atoms with Crippen molar-refractivity contribution in [2.45, 2.75) is 0 Å². The number of aromatic nitrogens is 2. The maximum atomic E-state index is 12.0. The van der Waals surface area contributed by atoms with Crippen LogP contribution in [0.5, 0.6) is 0 Å². The highest BCUT2D eigenvalue weighted by molar-refractivity contribution is 6.49. The summed E-state index contributed by atoms with van der Waals surface area (Å²) in [5, 5.41) is 11.3. The van der Waals surface area contributed by atoms with E-state index in [0.717, 1.165) is 0 Å². The van der Waals surface area contributed by atoms with Crippen molar-refractivity contribution in [3.8, 4) is 0 Å². The molecule has 2 rings (SSSR count). The SMILES string of the molecule is O=C(O)c1ccnc(NC(=O)c2ncc(Cl)c(Cl)c2Cl)c1. The summed E-state index contributed by atoms with van der Waals surface area (Å²) in [6.45, 7) is 0. The largest absolute Gasteiger partial charge is 0.478 e. The number of nitrogens with one attached hydrogen (secondary N) is 1. The van der Waals surface area contributed by atoms with Gasteiger partial charge in [0.25, 0.3) is 5.91 Å². The molecule has 21 heavy (non-hydrogen) atoms. The van der Waals surface area contributed by atoms with E-state index in [9.17, 15) is 9.59 Å². The molecule has 2 heterocycles. The van der Waals surface area contributed by atoms with E-state index in [1.807, 2.05) is 0 Å². The Bertz CT molecular complexity index is 737. The van der Waals surface area contributed by atoms with Crippen molar-refractivity contribution in [3.05, 3.63) is 50.9 Å². The number of anilines is 1. The van der Waals surface area contributed by atoms with Crippen molar-refractivity contribution < 1.29 is 14.7 Å². The van der Waals surface area contributed by atoms with Crippen LogP contribution in [0, 0.1) is 0 Å². The zero-order valence-corrected chi connectivity index (χ0v) is 12.4. The molecule has 6 nitrogen and oxygen atoms in total. The second kappa shape index (κ2) is 6.26. The molecule has 2 aromatic rings. The molecule has 0 radical (unpaired) electrons. The monoisotopic (exact) mass is 345 g/mol. The van der Waals surface area contributed by atoms with E-state index in [2.05, 4.69) is 15.3 Å². The third-order valence-electron chi connectivity index (χ3n) is 2.38. The van der Waals surface area contributed by atoms with E-state index >= 15 is 0 Å². The predicted octanol–water partition coefficient (Wildman–Crippen LogP) is 3.39. The van der Waals surface area contributed by atoms with Crippen LogP contribution in [0.1, 0.15) is 20.8 Å². The van der Waals surface area contributed by atoms with E-state index in [1.165, 1.54) is 24.5 Å². The minimum Gasteiger partial charge on any atom is -0.478 e. The first-order valence-corrected chi connectivity index (χ1v) is 6.53. The van der Waals surface area contributed by atoms with Crippen LogP contribution < -0.4 is 5.32 Å². The summed E-state index contributed by atoms with van der Waals surface area (Å²) in [5.41, 5.74) is -0.165. The fraction of sp³-hybridized carbons (Fsp3) is 0. The number of carboxylic acids is 1. The Morgan fingerprint density at radius 1 is 1.14 bits per heavy atom. The lowest BCUT2D eigenvalue weighted by molar-refractivity contribution is 0.0696. The molecule has 0 aliphatic heterocycles. The number of nitrogens with zero attached hydrogens (tertiary/aromatic N) is 2. The molecule has 0 aromatic carbocycles. The van der Waals surface area contributed by atoms with Crippen LogP contribution in [-0.2, 0) is 0 Å². The molecule has 0 bridgehead atoms. The lowest BCUT2D eigenvalue weighted by atomic mass is 10.2. The summed E-state index contributed by atoms with van der Waals surface area (Å²) >= 11 is 17.4. The molecule has 0 spiro atoms. The Kier molecular flexibility index (Phi) is 4.62. The molecule has 0 unspecified atom stereocenters. The summed E-state index contributed by atoms with van der Waals surface area (Å²) in [6, 6.07) is 2.49. The predicted molar refractivity (Wildman–Crippen MR) is 78.4 cm³/mol. The molecule has 0 aliphatic rings.